The highest BCUT2D eigenvalue weighted by Crippen LogP contribution is 2.12. The Hall–Kier alpha value is -1.94. The van der Waals surface area contributed by atoms with Crippen molar-refractivity contribution in [1.29, 1.82) is 0 Å². The molecule has 0 fully saturated rings. The molecule has 17 heavy (non-hydrogen) atoms. The summed E-state index contributed by atoms with van der Waals surface area (Å²) in [5, 5.41) is 2.81. The topological polar surface area (TPSA) is 46.2 Å². The minimum atomic E-state index is -0.314. The van der Waals surface area contributed by atoms with Crippen LogP contribution in [0.25, 0.3) is 0 Å². The molecule has 0 heterocycles. The Morgan fingerprint density at radius 2 is 1.76 bits per heavy atom. The van der Waals surface area contributed by atoms with Gasteiger partial charge >= 0.3 is 0 Å². The highest BCUT2D eigenvalue weighted by molar-refractivity contribution is 7.67. The van der Waals surface area contributed by atoms with Crippen LogP contribution in [0, 0.1) is 5.92 Å². The molecule has 1 aromatic carbocycles. The Balaban J connectivity index is 2.03. The molecule has 0 radical (unpaired) electrons. The van der Waals surface area contributed by atoms with Gasteiger partial charge in [-0.1, -0.05) is 30.4 Å². The Kier molecular flexibility index (Phi) is 3.67. The van der Waals surface area contributed by atoms with Crippen LogP contribution in [-0.2, 0) is 16.1 Å². The molecule has 0 atom stereocenters. The van der Waals surface area contributed by atoms with E-state index in [9.17, 15) is 9.00 Å². The lowest BCUT2D eigenvalue weighted by Crippen LogP contribution is -2.21. The molecular weight excluding hydrogens is 234 g/mol. The van der Waals surface area contributed by atoms with Gasteiger partial charge in [0.2, 0.25) is 5.91 Å². The highest BCUT2D eigenvalue weighted by Gasteiger charge is 2.14. The standard InChI is InChI=1S/C13H11NO2S/c15-13(14-11-4-2-1-3-5-11)10-6-8-12(17-16)9-7-10/h1-10H,(H,14,15). The monoisotopic (exact) mass is 245 g/mol. The number of carbonyl (C=O) groups excluding carboxylic acids is 1. The van der Waals surface area contributed by atoms with E-state index in [0.29, 0.717) is 16.1 Å². The van der Waals surface area contributed by atoms with Gasteiger partial charge in [-0.25, -0.2) is 4.21 Å². The number of nitrogens with one attached hydrogen (secondary N) is 1. The van der Waals surface area contributed by atoms with Crippen LogP contribution in [0.4, 0.5) is 5.69 Å². The predicted octanol–water partition coefficient (Wildman–Crippen LogP) is 1.75. The number of carbonyl (C=O) groups is 1. The quantitative estimate of drug-likeness (QED) is 0.807. The fourth-order valence-electron chi connectivity index (χ4n) is 1.49. The van der Waals surface area contributed by atoms with E-state index in [1.165, 1.54) is 0 Å². The fourth-order valence-corrected chi connectivity index (χ4v) is 1.76. The van der Waals surface area contributed by atoms with Gasteiger partial charge in [0.25, 0.3) is 0 Å². The Bertz CT molecular complexity index is 512. The minimum Gasteiger partial charge on any atom is -0.325 e. The molecule has 0 aromatic heterocycles. The molecule has 0 saturated carbocycles. The van der Waals surface area contributed by atoms with Gasteiger partial charge in [-0.2, -0.15) is 0 Å². The van der Waals surface area contributed by atoms with Crippen LogP contribution in [-0.4, -0.2) is 15.0 Å². The Morgan fingerprint density at radius 1 is 1.12 bits per heavy atom. The van der Waals surface area contributed by atoms with E-state index in [-0.39, 0.29) is 11.8 Å². The maximum absolute atomic E-state index is 11.9. The maximum Gasteiger partial charge on any atom is 0.235 e. The molecule has 1 N–H and O–H groups in total. The summed E-state index contributed by atoms with van der Waals surface area (Å²) in [5.41, 5.74) is 0.771. The number of benzene rings is 1. The van der Waals surface area contributed by atoms with Crippen LogP contribution >= 0.6 is 0 Å². The highest BCUT2D eigenvalue weighted by atomic mass is 32.1. The SMILES string of the molecule is O=S=C1C=CC(C(=O)Nc2ccccc2)C=C1. The molecule has 0 unspecified atom stereocenters. The normalized spacial score (nSPS) is 17.9. The summed E-state index contributed by atoms with van der Waals surface area (Å²) < 4.78 is 10.5. The van der Waals surface area contributed by atoms with Gasteiger partial charge < -0.3 is 5.32 Å². The van der Waals surface area contributed by atoms with Crippen LogP contribution in [0.1, 0.15) is 0 Å². The zero-order valence-electron chi connectivity index (χ0n) is 9.00. The summed E-state index contributed by atoms with van der Waals surface area (Å²) >= 11 is 0.425. The molecule has 1 aromatic rings. The maximum atomic E-state index is 11.9. The zero-order chi connectivity index (χ0) is 12.1. The van der Waals surface area contributed by atoms with Crippen LogP contribution in [0.2, 0.25) is 0 Å². The van der Waals surface area contributed by atoms with Gasteiger partial charge in [-0.3, -0.25) is 4.79 Å². The lowest BCUT2D eigenvalue weighted by Gasteiger charge is -2.11. The van der Waals surface area contributed by atoms with Crippen LogP contribution in [0.5, 0.6) is 0 Å². The van der Waals surface area contributed by atoms with Crippen molar-refractivity contribution in [3.63, 3.8) is 0 Å². The molecule has 0 bridgehead atoms. The van der Waals surface area contributed by atoms with Gasteiger partial charge in [0, 0.05) is 5.69 Å². The summed E-state index contributed by atoms with van der Waals surface area (Å²) in [4.78, 5) is 12.5. The van der Waals surface area contributed by atoms with Crippen molar-refractivity contribution in [2.45, 2.75) is 0 Å². The van der Waals surface area contributed by atoms with Gasteiger partial charge in [0.05, 0.1) is 22.0 Å². The average molecular weight is 245 g/mol. The number of amides is 1. The van der Waals surface area contributed by atoms with Crippen molar-refractivity contribution in [3.05, 3.63) is 54.6 Å². The van der Waals surface area contributed by atoms with E-state index in [0.717, 1.165) is 5.69 Å². The van der Waals surface area contributed by atoms with Crippen molar-refractivity contribution in [2.75, 3.05) is 5.32 Å². The third kappa shape index (κ3) is 3.01. The van der Waals surface area contributed by atoms with Crippen LogP contribution in [0.15, 0.2) is 54.6 Å². The van der Waals surface area contributed by atoms with Crippen LogP contribution < -0.4 is 5.32 Å². The van der Waals surface area contributed by atoms with Crippen molar-refractivity contribution in [1.82, 2.24) is 0 Å². The molecule has 1 aliphatic rings. The first kappa shape index (κ1) is 11.5. The average Bonchev–Trinajstić information content (AvgIpc) is 2.40. The van der Waals surface area contributed by atoms with E-state index < -0.39 is 0 Å². The van der Waals surface area contributed by atoms with Crippen molar-refractivity contribution in [2.24, 2.45) is 5.92 Å². The third-order valence-corrected chi connectivity index (χ3v) is 2.84. The number of anilines is 1. The zero-order valence-corrected chi connectivity index (χ0v) is 9.81. The molecule has 3 nitrogen and oxygen atoms in total. The molecule has 86 valence electrons. The van der Waals surface area contributed by atoms with E-state index in [2.05, 4.69) is 5.32 Å². The number of hydrogen-bond acceptors (Lipinski definition) is 2. The van der Waals surface area contributed by atoms with Gasteiger partial charge in [0.1, 0.15) is 0 Å². The van der Waals surface area contributed by atoms with Crippen LogP contribution in [0.3, 0.4) is 0 Å². The molecule has 0 aliphatic heterocycles. The largest absolute Gasteiger partial charge is 0.325 e. The number of hydrogen-bond donors (Lipinski definition) is 1. The van der Waals surface area contributed by atoms with Gasteiger partial charge in [0.15, 0.2) is 0 Å². The summed E-state index contributed by atoms with van der Waals surface area (Å²) in [6, 6.07) is 9.28. The number of para-hydroxylation sites is 1. The van der Waals surface area contributed by atoms with E-state index in [1.54, 1.807) is 24.3 Å². The van der Waals surface area contributed by atoms with Gasteiger partial charge in [-0.15, -0.1) is 0 Å². The molecular formula is C13H11NO2S. The molecule has 0 spiro atoms. The molecule has 4 heteroatoms. The molecule has 1 amide bonds. The summed E-state index contributed by atoms with van der Waals surface area (Å²) in [7, 11) is 0. The second kappa shape index (κ2) is 5.41. The first-order valence-electron chi connectivity index (χ1n) is 5.18. The smallest absolute Gasteiger partial charge is 0.235 e. The number of allylic oxidation sites excluding steroid dienone is 2. The summed E-state index contributed by atoms with van der Waals surface area (Å²) in [6.07, 6.45) is 6.79. The predicted molar refractivity (Wildman–Crippen MR) is 70.0 cm³/mol. The van der Waals surface area contributed by atoms with E-state index in [1.807, 2.05) is 30.3 Å². The van der Waals surface area contributed by atoms with Crippen molar-refractivity contribution >= 4 is 27.7 Å². The van der Waals surface area contributed by atoms with Gasteiger partial charge in [-0.05, 0) is 24.3 Å². The minimum absolute atomic E-state index is 0.0985. The molecule has 0 saturated heterocycles. The summed E-state index contributed by atoms with van der Waals surface area (Å²) in [6.45, 7) is 0. The van der Waals surface area contributed by atoms with E-state index in [4.69, 9.17) is 0 Å². The van der Waals surface area contributed by atoms with Crippen molar-refractivity contribution < 1.29 is 9.00 Å². The van der Waals surface area contributed by atoms with Crippen molar-refractivity contribution in [3.8, 4) is 0 Å². The Morgan fingerprint density at radius 3 is 2.35 bits per heavy atom. The number of rotatable bonds is 2. The van der Waals surface area contributed by atoms with E-state index >= 15 is 0 Å². The summed E-state index contributed by atoms with van der Waals surface area (Å²) in [5.74, 6) is -0.412. The first-order chi connectivity index (χ1) is 8.29. The first-order valence-corrected chi connectivity index (χ1v) is 5.93. The third-order valence-electron chi connectivity index (χ3n) is 2.38. The second-order valence-electron chi connectivity index (χ2n) is 3.58. The Labute approximate surface area is 103 Å². The fraction of sp³-hybridized carbons (Fsp3) is 0.0769. The lowest BCUT2D eigenvalue weighted by molar-refractivity contribution is -0.117. The molecule has 1 aliphatic carbocycles. The lowest BCUT2D eigenvalue weighted by atomic mass is 10.0. The molecule has 2 rings (SSSR count). The second-order valence-corrected chi connectivity index (χ2v) is 4.22.